The van der Waals surface area contributed by atoms with E-state index in [2.05, 4.69) is 0 Å². The van der Waals surface area contributed by atoms with Crippen LogP contribution < -0.4 is 0 Å². The number of nitrogens with zero attached hydrogens (tertiary/aromatic N) is 1. The topological polar surface area (TPSA) is 29.5 Å². The molecule has 1 amide bonds. The number of piperidine rings is 1. The van der Waals surface area contributed by atoms with Crippen LogP contribution in [0.2, 0.25) is 0 Å². The van der Waals surface area contributed by atoms with E-state index in [0.29, 0.717) is 6.10 Å². The lowest BCUT2D eigenvalue weighted by atomic mass is 9.93. The molecule has 1 aliphatic rings. The van der Waals surface area contributed by atoms with Crippen molar-refractivity contribution in [3.05, 3.63) is 0 Å². The van der Waals surface area contributed by atoms with Gasteiger partial charge in [0.2, 0.25) is 5.91 Å². The first-order valence-electron chi connectivity index (χ1n) is 5.86. The molecule has 0 aliphatic carbocycles. The molecule has 1 saturated heterocycles. The Balaban J connectivity index is 2.41. The number of amides is 1. The summed E-state index contributed by atoms with van der Waals surface area (Å²) >= 11 is 0. The van der Waals surface area contributed by atoms with E-state index in [1.165, 1.54) is 0 Å². The summed E-state index contributed by atoms with van der Waals surface area (Å²) in [5, 5.41) is 0. The third-order valence-corrected chi connectivity index (χ3v) is 2.77. The molecule has 0 spiro atoms. The second kappa shape index (κ2) is 4.97. The van der Waals surface area contributed by atoms with E-state index >= 15 is 0 Å². The van der Waals surface area contributed by atoms with Crippen molar-refractivity contribution in [2.45, 2.75) is 46.6 Å². The largest absolute Gasteiger partial charge is 0.378 e. The van der Waals surface area contributed by atoms with Gasteiger partial charge < -0.3 is 9.64 Å². The van der Waals surface area contributed by atoms with Crippen molar-refractivity contribution in [3.8, 4) is 0 Å². The van der Waals surface area contributed by atoms with Gasteiger partial charge in [0, 0.05) is 25.1 Å². The fraction of sp³-hybridized carbons (Fsp3) is 0.917. The van der Waals surface area contributed by atoms with E-state index < -0.39 is 0 Å². The van der Waals surface area contributed by atoms with Gasteiger partial charge in [-0.1, -0.05) is 20.8 Å². The average Bonchev–Trinajstić information content (AvgIpc) is 2.17. The normalized spacial score (nSPS) is 19.3. The zero-order chi connectivity index (χ0) is 11.5. The van der Waals surface area contributed by atoms with Crippen LogP contribution in [-0.2, 0) is 9.53 Å². The molecule has 0 radical (unpaired) electrons. The second-order valence-corrected chi connectivity index (χ2v) is 5.20. The third-order valence-electron chi connectivity index (χ3n) is 2.77. The molecule has 15 heavy (non-hydrogen) atoms. The first-order valence-corrected chi connectivity index (χ1v) is 5.86. The summed E-state index contributed by atoms with van der Waals surface area (Å²) < 4.78 is 5.56. The van der Waals surface area contributed by atoms with Crippen LogP contribution in [0.15, 0.2) is 0 Å². The van der Waals surface area contributed by atoms with Crippen molar-refractivity contribution >= 4 is 5.91 Å². The smallest absolute Gasteiger partial charge is 0.227 e. The highest BCUT2D eigenvalue weighted by Gasteiger charge is 2.30. The van der Waals surface area contributed by atoms with E-state index in [4.69, 9.17) is 4.74 Å². The van der Waals surface area contributed by atoms with E-state index in [0.717, 1.165) is 32.5 Å². The SMILES string of the molecule is CCOC1CCN(C(=O)C(C)(C)C)CC1. The maximum atomic E-state index is 12.0. The van der Waals surface area contributed by atoms with Crippen LogP contribution in [0.3, 0.4) is 0 Å². The summed E-state index contributed by atoms with van der Waals surface area (Å²) in [6, 6.07) is 0. The maximum Gasteiger partial charge on any atom is 0.227 e. The quantitative estimate of drug-likeness (QED) is 0.702. The van der Waals surface area contributed by atoms with E-state index in [1.54, 1.807) is 0 Å². The van der Waals surface area contributed by atoms with Crippen LogP contribution in [0.4, 0.5) is 0 Å². The van der Waals surface area contributed by atoms with Gasteiger partial charge in [-0.3, -0.25) is 4.79 Å². The van der Waals surface area contributed by atoms with Crippen LogP contribution in [0.1, 0.15) is 40.5 Å². The van der Waals surface area contributed by atoms with Gasteiger partial charge in [-0.25, -0.2) is 0 Å². The summed E-state index contributed by atoms with van der Waals surface area (Å²) in [6.07, 6.45) is 2.32. The van der Waals surface area contributed by atoms with Gasteiger partial charge in [-0.15, -0.1) is 0 Å². The molecule has 0 unspecified atom stereocenters. The third kappa shape index (κ3) is 3.49. The lowest BCUT2D eigenvalue weighted by Gasteiger charge is -2.35. The molecule has 3 heteroatoms. The Hall–Kier alpha value is -0.570. The van der Waals surface area contributed by atoms with Gasteiger partial charge in [0.1, 0.15) is 0 Å². The van der Waals surface area contributed by atoms with Crippen LogP contribution in [0.5, 0.6) is 0 Å². The van der Waals surface area contributed by atoms with Gasteiger partial charge in [-0.2, -0.15) is 0 Å². The van der Waals surface area contributed by atoms with Crippen molar-refractivity contribution in [2.75, 3.05) is 19.7 Å². The molecule has 0 aromatic carbocycles. The number of hydrogen-bond acceptors (Lipinski definition) is 2. The van der Waals surface area contributed by atoms with Crippen LogP contribution in [0, 0.1) is 5.41 Å². The first kappa shape index (κ1) is 12.5. The Morgan fingerprint density at radius 3 is 2.27 bits per heavy atom. The number of likely N-dealkylation sites (tertiary alicyclic amines) is 1. The Morgan fingerprint density at radius 1 is 1.33 bits per heavy atom. The second-order valence-electron chi connectivity index (χ2n) is 5.20. The molecule has 1 rings (SSSR count). The maximum absolute atomic E-state index is 12.0. The molecule has 0 aromatic heterocycles. The van der Waals surface area contributed by atoms with Gasteiger partial charge >= 0.3 is 0 Å². The summed E-state index contributed by atoms with van der Waals surface area (Å²) in [4.78, 5) is 13.9. The highest BCUT2D eigenvalue weighted by molar-refractivity contribution is 5.81. The van der Waals surface area contributed by atoms with E-state index in [1.807, 2.05) is 32.6 Å². The summed E-state index contributed by atoms with van der Waals surface area (Å²) in [7, 11) is 0. The van der Waals surface area contributed by atoms with Crippen molar-refractivity contribution in [1.29, 1.82) is 0 Å². The van der Waals surface area contributed by atoms with Gasteiger partial charge in [0.15, 0.2) is 0 Å². The van der Waals surface area contributed by atoms with Crippen molar-refractivity contribution in [1.82, 2.24) is 4.90 Å². The summed E-state index contributed by atoms with van der Waals surface area (Å²) in [5.74, 6) is 0.262. The Kier molecular flexibility index (Phi) is 4.14. The molecule has 0 saturated carbocycles. The van der Waals surface area contributed by atoms with Crippen molar-refractivity contribution in [3.63, 3.8) is 0 Å². The summed E-state index contributed by atoms with van der Waals surface area (Å²) in [5.41, 5.74) is -0.252. The monoisotopic (exact) mass is 213 g/mol. The molecule has 0 atom stereocenters. The lowest BCUT2D eigenvalue weighted by molar-refractivity contribution is -0.142. The minimum Gasteiger partial charge on any atom is -0.378 e. The van der Waals surface area contributed by atoms with Crippen molar-refractivity contribution < 1.29 is 9.53 Å². The molecular formula is C12H23NO2. The molecular weight excluding hydrogens is 190 g/mol. The number of ether oxygens (including phenoxy) is 1. The minimum absolute atomic E-state index is 0.252. The summed E-state index contributed by atoms with van der Waals surface area (Å²) in [6.45, 7) is 10.4. The molecule has 0 N–H and O–H groups in total. The van der Waals surface area contributed by atoms with Crippen molar-refractivity contribution in [2.24, 2.45) is 5.41 Å². The molecule has 1 heterocycles. The zero-order valence-corrected chi connectivity index (χ0v) is 10.4. The molecule has 3 nitrogen and oxygen atoms in total. The van der Waals surface area contributed by atoms with Gasteiger partial charge in [-0.05, 0) is 19.8 Å². The van der Waals surface area contributed by atoms with Crippen LogP contribution in [0.25, 0.3) is 0 Å². The van der Waals surface area contributed by atoms with Gasteiger partial charge in [0.25, 0.3) is 0 Å². The number of rotatable bonds is 2. The Morgan fingerprint density at radius 2 is 1.87 bits per heavy atom. The van der Waals surface area contributed by atoms with Gasteiger partial charge in [0.05, 0.1) is 6.10 Å². The van der Waals surface area contributed by atoms with E-state index in [-0.39, 0.29) is 11.3 Å². The standard InChI is InChI=1S/C12H23NO2/c1-5-15-10-6-8-13(9-7-10)11(14)12(2,3)4/h10H,5-9H2,1-4H3. The lowest BCUT2D eigenvalue weighted by Crippen LogP contribution is -2.45. The molecule has 1 fully saturated rings. The molecule has 1 aliphatic heterocycles. The number of hydrogen-bond donors (Lipinski definition) is 0. The average molecular weight is 213 g/mol. The molecule has 0 aromatic rings. The fourth-order valence-corrected chi connectivity index (χ4v) is 1.94. The Bertz CT molecular complexity index is 212. The zero-order valence-electron chi connectivity index (χ0n) is 10.4. The minimum atomic E-state index is -0.252. The number of carbonyl (C=O) groups is 1. The Labute approximate surface area is 92.8 Å². The fourth-order valence-electron chi connectivity index (χ4n) is 1.94. The predicted octanol–water partition coefficient (Wildman–Crippen LogP) is 2.06. The first-order chi connectivity index (χ1) is 6.95. The molecule has 0 bridgehead atoms. The molecule has 88 valence electrons. The highest BCUT2D eigenvalue weighted by Crippen LogP contribution is 2.21. The van der Waals surface area contributed by atoms with E-state index in [9.17, 15) is 4.79 Å². The van der Waals surface area contributed by atoms with Crippen LogP contribution >= 0.6 is 0 Å². The highest BCUT2D eigenvalue weighted by atomic mass is 16.5. The van der Waals surface area contributed by atoms with Crippen LogP contribution in [-0.4, -0.2) is 36.6 Å². The predicted molar refractivity (Wildman–Crippen MR) is 60.7 cm³/mol. The number of carbonyl (C=O) groups excluding carboxylic acids is 1.